The summed E-state index contributed by atoms with van der Waals surface area (Å²) < 4.78 is 11.0. The number of aliphatic hydroxyl groups excluding tert-OH is 1. The van der Waals surface area contributed by atoms with Crippen LogP contribution in [0.15, 0.2) is 48.5 Å². The first-order valence-corrected chi connectivity index (χ1v) is 7.29. The van der Waals surface area contributed by atoms with E-state index in [9.17, 15) is 9.90 Å². The highest BCUT2D eigenvalue weighted by atomic mass is 16.5. The number of ketones is 1. The minimum Gasteiger partial charge on any atom is -0.494 e. The molecule has 0 saturated heterocycles. The molecule has 1 atom stereocenters. The summed E-state index contributed by atoms with van der Waals surface area (Å²) in [7, 11) is 0. The van der Waals surface area contributed by atoms with E-state index in [2.05, 4.69) is 0 Å². The van der Waals surface area contributed by atoms with Crippen molar-refractivity contribution in [3.8, 4) is 11.5 Å². The second kappa shape index (κ2) is 7.61. The van der Waals surface area contributed by atoms with Crippen LogP contribution in [0.25, 0.3) is 0 Å². The van der Waals surface area contributed by atoms with E-state index in [1.807, 2.05) is 25.1 Å². The summed E-state index contributed by atoms with van der Waals surface area (Å²) in [5.41, 5.74) is 1.05. The van der Waals surface area contributed by atoms with Crippen molar-refractivity contribution in [2.75, 3.05) is 13.2 Å². The first-order valence-electron chi connectivity index (χ1n) is 7.29. The molecule has 0 aliphatic carbocycles. The van der Waals surface area contributed by atoms with Gasteiger partial charge in [0.1, 0.15) is 18.1 Å². The van der Waals surface area contributed by atoms with Gasteiger partial charge in [0.2, 0.25) is 0 Å². The number of carbonyl (C=O) groups excluding carboxylic acids is 1. The van der Waals surface area contributed by atoms with Gasteiger partial charge in [0.25, 0.3) is 0 Å². The number of carbonyl (C=O) groups is 1. The summed E-state index contributed by atoms with van der Waals surface area (Å²) in [6.07, 6.45) is -0.615. The Kier molecular flexibility index (Phi) is 5.55. The Labute approximate surface area is 130 Å². The molecule has 2 rings (SSSR count). The zero-order valence-corrected chi connectivity index (χ0v) is 12.8. The third kappa shape index (κ3) is 4.09. The minimum absolute atomic E-state index is 0.116. The van der Waals surface area contributed by atoms with Crippen LogP contribution in [0.3, 0.4) is 0 Å². The molecule has 4 heteroatoms. The molecule has 22 heavy (non-hydrogen) atoms. The molecule has 0 bridgehead atoms. The maximum Gasteiger partial charge on any atom is 0.196 e. The first kappa shape index (κ1) is 16.0. The van der Waals surface area contributed by atoms with Gasteiger partial charge in [0.15, 0.2) is 5.78 Å². The summed E-state index contributed by atoms with van der Waals surface area (Å²) >= 11 is 0. The highest BCUT2D eigenvalue weighted by Gasteiger charge is 2.16. The van der Waals surface area contributed by atoms with Gasteiger partial charge in [-0.3, -0.25) is 4.79 Å². The van der Waals surface area contributed by atoms with Crippen LogP contribution in [0.5, 0.6) is 11.5 Å². The monoisotopic (exact) mass is 300 g/mol. The van der Waals surface area contributed by atoms with Gasteiger partial charge >= 0.3 is 0 Å². The van der Waals surface area contributed by atoms with Crippen LogP contribution in [-0.2, 0) is 0 Å². The number of ether oxygens (including phenoxy) is 2. The number of rotatable bonds is 7. The van der Waals surface area contributed by atoms with Gasteiger partial charge in [-0.05, 0) is 26.0 Å². The van der Waals surface area contributed by atoms with E-state index in [4.69, 9.17) is 9.47 Å². The minimum atomic E-state index is -0.615. The smallest absolute Gasteiger partial charge is 0.196 e. The normalized spacial score (nSPS) is 11.8. The van der Waals surface area contributed by atoms with Gasteiger partial charge in [-0.1, -0.05) is 30.3 Å². The van der Waals surface area contributed by atoms with Gasteiger partial charge in [-0.2, -0.15) is 0 Å². The van der Waals surface area contributed by atoms with Gasteiger partial charge < -0.3 is 14.6 Å². The Morgan fingerprint density at radius 3 is 2.50 bits per heavy atom. The molecule has 2 aromatic rings. The Morgan fingerprint density at radius 2 is 1.86 bits per heavy atom. The van der Waals surface area contributed by atoms with Crippen LogP contribution < -0.4 is 9.47 Å². The summed E-state index contributed by atoms with van der Waals surface area (Å²) in [6.45, 7) is 4.16. The molecular weight excluding hydrogens is 280 g/mol. The molecule has 2 aromatic carbocycles. The molecule has 0 fully saturated rings. The summed E-state index contributed by atoms with van der Waals surface area (Å²) in [4.78, 5) is 12.6. The molecule has 0 heterocycles. The lowest BCUT2D eigenvalue weighted by molar-refractivity contribution is 0.101. The topological polar surface area (TPSA) is 55.8 Å². The molecule has 0 aliphatic heterocycles. The number of hydrogen-bond donors (Lipinski definition) is 1. The van der Waals surface area contributed by atoms with Crippen molar-refractivity contribution in [3.05, 3.63) is 59.7 Å². The van der Waals surface area contributed by atoms with Gasteiger partial charge in [-0.15, -0.1) is 0 Å². The third-order valence-corrected chi connectivity index (χ3v) is 3.02. The highest BCUT2D eigenvalue weighted by molar-refractivity contribution is 6.10. The zero-order chi connectivity index (χ0) is 15.9. The maximum atomic E-state index is 12.6. The number of aliphatic hydroxyl groups is 1. The Balaban J connectivity index is 2.34. The van der Waals surface area contributed by atoms with Crippen LogP contribution in [0.4, 0.5) is 0 Å². The highest BCUT2D eigenvalue weighted by Crippen LogP contribution is 2.27. The van der Waals surface area contributed by atoms with Crippen molar-refractivity contribution in [2.45, 2.75) is 20.0 Å². The molecule has 0 saturated carbocycles. The lowest BCUT2D eigenvalue weighted by Crippen LogP contribution is -2.15. The van der Waals surface area contributed by atoms with E-state index >= 15 is 0 Å². The SMILES string of the molecule is CCOc1ccc(C(=O)c2ccccc2)c(OCC(C)O)c1. The van der Waals surface area contributed by atoms with Crippen molar-refractivity contribution >= 4 is 5.78 Å². The van der Waals surface area contributed by atoms with E-state index in [1.165, 1.54) is 0 Å². The molecule has 1 N–H and O–H groups in total. The van der Waals surface area contributed by atoms with Gasteiger partial charge in [-0.25, -0.2) is 0 Å². The largest absolute Gasteiger partial charge is 0.494 e. The summed E-state index contributed by atoms with van der Waals surface area (Å²) in [5.74, 6) is 0.928. The number of benzene rings is 2. The lowest BCUT2D eigenvalue weighted by Gasteiger charge is -2.14. The van der Waals surface area contributed by atoms with Crippen molar-refractivity contribution in [3.63, 3.8) is 0 Å². The zero-order valence-electron chi connectivity index (χ0n) is 12.8. The molecule has 4 nitrogen and oxygen atoms in total. The fraction of sp³-hybridized carbons (Fsp3) is 0.278. The maximum absolute atomic E-state index is 12.6. The lowest BCUT2D eigenvalue weighted by atomic mass is 10.0. The van der Waals surface area contributed by atoms with Gasteiger partial charge in [0, 0.05) is 11.6 Å². The second-order valence-electron chi connectivity index (χ2n) is 4.95. The third-order valence-electron chi connectivity index (χ3n) is 3.02. The Hall–Kier alpha value is -2.33. The average molecular weight is 300 g/mol. The summed E-state index contributed by atoms with van der Waals surface area (Å²) in [6, 6.07) is 14.1. The van der Waals surface area contributed by atoms with Crippen molar-refractivity contribution in [1.29, 1.82) is 0 Å². The van der Waals surface area contributed by atoms with E-state index in [0.29, 0.717) is 29.2 Å². The average Bonchev–Trinajstić information content (AvgIpc) is 2.53. The fourth-order valence-electron chi connectivity index (χ4n) is 2.02. The molecule has 116 valence electrons. The predicted octanol–water partition coefficient (Wildman–Crippen LogP) is 3.08. The van der Waals surface area contributed by atoms with Gasteiger partial charge in [0.05, 0.1) is 18.3 Å². The van der Waals surface area contributed by atoms with Crippen molar-refractivity contribution in [2.24, 2.45) is 0 Å². The van der Waals surface area contributed by atoms with Crippen molar-refractivity contribution < 1.29 is 19.4 Å². The van der Waals surface area contributed by atoms with Crippen LogP contribution in [-0.4, -0.2) is 30.2 Å². The van der Waals surface area contributed by atoms with Crippen LogP contribution in [0.1, 0.15) is 29.8 Å². The van der Waals surface area contributed by atoms with Crippen molar-refractivity contribution in [1.82, 2.24) is 0 Å². The van der Waals surface area contributed by atoms with E-state index in [0.717, 1.165) is 0 Å². The predicted molar refractivity (Wildman–Crippen MR) is 84.7 cm³/mol. The Bertz CT molecular complexity index is 620. The van der Waals surface area contributed by atoms with E-state index < -0.39 is 6.10 Å². The molecule has 0 radical (unpaired) electrons. The summed E-state index contributed by atoms with van der Waals surface area (Å²) in [5, 5.41) is 9.39. The molecular formula is C18H20O4. The number of hydrogen-bond acceptors (Lipinski definition) is 4. The molecule has 0 aliphatic rings. The standard InChI is InChI=1S/C18H20O4/c1-3-21-15-9-10-16(17(11-15)22-12-13(2)19)18(20)14-7-5-4-6-8-14/h4-11,13,19H,3,12H2,1-2H3. The van der Waals surface area contributed by atoms with Crippen LogP contribution in [0.2, 0.25) is 0 Å². The Morgan fingerprint density at radius 1 is 1.14 bits per heavy atom. The molecule has 0 amide bonds. The quantitative estimate of drug-likeness (QED) is 0.798. The molecule has 0 spiro atoms. The van der Waals surface area contributed by atoms with E-state index in [1.54, 1.807) is 37.3 Å². The molecule has 0 aromatic heterocycles. The fourth-order valence-corrected chi connectivity index (χ4v) is 2.02. The second-order valence-corrected chi connectivity index (χ2v) is 4.95. The van der Waals surface area contributed by atoms with E-state index in [-0.39, 0.29) is 12.4 Å². The van der Waals surface area contributed by atoms with Crippen LogP contribution >= 0.6 is 0 Å². The van der Waals surface area contributed by atoms with Crippen LogP contribution in [0, 0.1) is 0 Å². The first-order chi connectivity index (χ1) is 10.6. The molecule has 1 unspecified atom stereocenters.